The number of anilines is 1. The Morgan fingerprint density at radius 1 is 1.14 bits per heavy atom. The summed E-state index contributed by atoms with van der Waals surface area (Å²) in [5.41, 5.74) is 2.34. The monoisotopic (exact) mass is 382 g/mol. The maximum Gasteiger partial charge on any atom is 0.259 e. The van der Waals surface area contributed by atoms with Crippen LogP contribution in [0.3, 0.4) is 0 Å². The molecule has 6 heteroatoms. The highest BCUT2D eigenvalue weighted by molar-refractivity contribution is 6.06. The maximum atomic E-state index is 12.8. The van der Waals surface area contributed by atoms with Gasteiger partial charge in [0.2, 0.25) is 5.89 Å². The molecular formula is C22H26N2O4. The van der Waals surface area contributed by atoms with Gasteiger partial charge in [0, 0.05) is 17.7 Å². The van der Waals surface area contributed by atoms with Crippen molar-refractivity contribution in [1.29, 1.82) is 0 Å². The van der Waals surface area contributed by atoms with Crippen LogP contribution in [0, 0.1) is 0 Å². The summed E-state index contributed by atoms with van der Waals surface area (Å²) in [4.78, 5) is 17.3. The van der Waals surface area contributed by atoms with Gasteiger partial charge in [-0.15, -0.1) is 0 Å². The Hall–Kier alpha value is -2.86. The van der Waals surface area contributed by atoms with Crippen LogP contribution in [-0.4, -0.2) is 30.7 Å². The number of hydrogen-bond donors (Lipinski definition) is 1. The average molecular weight is 382 g/mol. The summed E-state index contributed by atoms with van der Waals surface area (Å²) < 4.78 is 16.8. The van der Waals surface area contributed by atoms with Crippen molar-refractivity contribution in [2.45, 2.75) is 33.1 Å². The van der Waals surface area contributed by atoms with Gasteiger partial charge in [-0.05, 0) is 37.3 Å². The summed E-state index contributed by atoms with van der Waals surface area (Å²) in [5.74, 6) is 0.946. The molecule has 3 rings (SSSR count). The Balaban J connectivity index is 1.76. The summed E-state index contributed by atoms with van der Waals surface area (Å²) >= 11 is 0. The number of oxazole rings is 1. The molecule has 0 aliphatic rings. The van der Waals surface area contributed by atoms with Crippen molar-refractivity contribution < 1.29 is 18.7 Å². The molecule has 0 atom stereocenters. The SMILES string of the molecule is CCOCCOc1ccccc1C(=O)Nc1ccc2oc(C(C)(C)C)nc2c1. The van der Waals surface area contributed by atoms with E-state index in [4.69, 9.17) is 13.9 Å². The van der Waals surface area contributed by atoms with Gasteiger partial charge >= 0.3 is 0 Å². The highest BCUT2D eigenvalue weighted by Crippen LogP contribution is 2.28. The Bertz CT molecular complexity index is 957. The second-order valence-corrected chi connectivity index (χ2v) is 7.45. The van der Waals surface area contributed by atoms with Crippen LogP contribution in [0.5, 0.6) is 5.75 Å². The predicted octanol–water partition coefficient (Wildman–Crippen LogP) is 4.79. The first-order valence-corrected chi connectivity index (χ1v) is 9.40. The van der Waals surface area contributed by atoms with Crippen LogP contribution in [0.2, 0.25) is 0 Å². The Kier molecular flexibility index (Phi) is 5.99. The molecule has 6 nitrogen and oxygen atoms in total. The first-order chi connectivity index (χ1) is 13.4. The van der Waals surface area contributed by atoms with Crippen LogP contribution in [0.15, 0.2) is 46.9 Å². The number of carbonyl (C=O) groups is 1. The molecule has 148 valence electrons. The molecule has 3 aromatic rings. The minimum Gasteiger partial charge on any atom is -0.490 e. The molecule has 1 amide bonds. The molecule has 0 saturated heterocycles. The number of nitrogens with one attached hydrogen (secondary N) is 1. The Morgan fingerprint density at radius 2 is 1.93 bits per heavy atom. The lowest BCUT2D eigenvalue weighted by molar-refractivity contribution is 0.0998. The smallest absolute Gasteiger partial charge is 0.259 e. The summed E-state index contributed by atoms with van der Waals surface area (Å²) in [6, 6.07) is 12.6. The molecule has 0 saturated carbocycles. The number of fused-ring (bicyclic) bond motifs is 1. The molecule has 1 heterocycles. The van der Waals surface area contributed by atoms with Crippen molar-refractivity contribution in [3.8, 4) is 5.75 Å². The number of carbonyl (C=O) groups excluding carboxylic acids is 1. The molecule has 2 aromatic carbocycles. The molecule has 0 aliphatic heterocycles. The third-order valence-corrected chi connectivity index (χ3v) is 4.11. The lowest BCUT2D eigenvalue weighted by atomic mass is 9.97. The zero-order valence-electron chi connectivity index (χ0n) is 16.7. The van der Waals surface area contributed by atoms with Gasteiger partial charge in [0.15, 0.2) is 5.58 Å². The standard InChI is InChI=1S/C22H26N2O4/c1-5-26-12-13-27-18-9-7-6-8-16(18)20(25)23-15-10-11-19-17(14-15)24-21(28-19)22(2,3)4/h6-11,14H,5,12-13H2,1-4H3,(H,23,25). The van der Waals surface area contributed by atoms with Crippen LogP contribution in [0.25, 0.3) is 11.1 Å². The van der Waals surface area contributed by atoms with Gasteiger partial charge < -0.3 is 19.2 Å². The Morgan fingerprint density at radius 3 is 2.68 bits per heavy atom. The van der Waals surface area contributed by atoms with Crippen LogP contribution in [0.4, 0.5) is 5.69 Å². The molecular weight excluding hydrogens is 356 g/mol. The second-order valence-electron chi connectivity index (χ2n) is 7.45. The van der Waals surface area contributed by atoms with Gasteiger partial charge in [0.05, 0.1) is 12.2 Å². The molecule has 0 fully saturated rings. The second kappa shape index (κ2) is 8.44. The third kappa shape index (κ3) is 4.70. The molecule has 0 aliphatic carbocycles. The van der Waals surface area contributed by atoms with Crippen LogP contribution < -0.4 is 10.1 Å². The van der Waals surface area contributed by atoms with Gasteiger partial charge in [0.1, 0.15) is 17.9 Å². The number of amides is 1. The van der Waals surface area contributed by atoms with Crippen molar-refractivity contribution in [2.24, 2.45) is 0 Å². The number of ether oxygens (including phenoxy) is 2. The van der Waals surface area contributed by atoms with Gasteiger partial charge in [-0.1, -0.05) is 32.9 Å². The fraction of sp³-hybridized carbons (Fsp3) is 0.364. The zero-order valence-corrected chi connectivity index (χ0v) is 16.7. The van der Waals surface area contributed by atoms with E-state index in [-0.39, 0.29) is 11.3 Å². The number of hydrogen-bond acceptors (Lipinski definition) is 5. The minimum atomic E-state index is -0.245. The van der Waals surface area contributed by atoms with E-state index >= 15 is 0 Å². The first-order valence-electron chi connectivity index (χ1n) is 9.40. The van der Waals surface area contributed by atoms with E-state index < -0.39 is 0 Å². The van der Waals surface area contributed by atoms with E-state index in [2.05, 4.69) is 10.3 Å². The predicted molar refractivity (Wildman–Crippen MR) is 109 cm³/mol. The van der Waals surface area contributed by atoms with Crippen molar-refractivity contribution >= 4 is 22.7 Å². The summed E-state index contributed by atoms with van der Waals surface area (Å²) in [6.07, 6.45) is 0. The third-order valence-electron chi connectivity index (χ3n) is 4.11. The van der Waals surface area contributed by atoms with E-state index in [1.807, 2.05) is 45.9 Å². The number of nitrogens with zero attached hydrogens (tertiary/aromatic N) is 1. The highest BCUT2D eigenvalue weighted by atomic mass is 16.5. The molecule has 0 unspecified atom stereocenters. The normalized spacial score (nSPS) is 11.6. The highest BCUT2D eigenvalue weighted by Gasteiger charge is 2.21. The van der Waals surface area contributed by atoms with Gasteiger partial charge in [-0.3, -0.25) is 4.79 Å². The molecule has 0 radical (unpaired) electrons. The number of aromatic nitrogens is 1. The van der Waals surface area contributed by atoms with Gasteiger partial charge in [0.25, 0.3) is 5.91 Å². The number of rotatable bonds is 7. The lowest BCUT2D eigenvalue weighted by Gasteiger charge is -2.11. The van der Waals surface area contributed by atoms with Crippen LogP contribution >= 0.6 is 0 Å². The number of benzene rings is 2. The Labute approximate surface area is 164 Å². The summed E-state index contributed by atoms with van der Waals surface area (Å²) in [5, 5.41) is 2.91. The molecule has 1 N–H and O–H groups in total. The zero-order chi connectivity index (χ0) is 20.1. The largest absolute Gasteiger partial charge is 0.490 e. The van der Waals surface area contributed by atoms with Gasteiger partial charge in [-0.25, -0.2) is 4.98 Å². The molecule has 28 heavy (non-hydrogen) atoms. The first kappa shape index (κ1) is 19.9. The van der Waals surface area contributed by atoms with E-state index in [0.717, 1.165) is 0 Å². The van der Waals surface area contributed by atoms with Crippen LogP contribution in [0.1, 0.15) is 43.9 Å². The van der Waals surface area contributed by atoms with E-state index in [0.29, 0.717) is 53.8 Å². The van der Waals surface area contributed by atoms with Crippen molar-refractivity contribution in [1.82, 2.24) is 4.98 Å². The van der Waals surface area contributed by atoms with E-state index in [1.165, 1.54) is 0 Å². The van der Waals surface area contributed by atoms with Gasteiger partial charge in [-0.2, -0.15) is 0 Å². The average Bonchev–Trinajstić information content (AvgIpc) is 3.09. The summed E-state index contributed by atoms with van der Waals surface area (Å²) in [7, 11) is 0. The maximum absolute atomic E-state index is 12.8. The number of para-hydroxylation sites is 1. The fourth-order valence-electron chi connectivity index (χ4n) is 2.66. The fourth-order valence-corrected chi connectivity index (χ4v) is 2.66. The minimum absolute atomic E-state index is 0.180. The molecule has 0 spiro atoms. The van der Waals surface area contributed by atoms with Crippen molar-refractivity contribution in [3.05, 3.63) is 53.9 Å². The topological polar surface area (TPSA) is 73.6 Å². The quantitative estimate of drug-likeness (QED) is 0.595. The lowest BCUT2D eigenvalue weighted by Crippen LogP contribution is -2.15. The van der Waals surface area contributed by atoms with E-state index in [9.17, 15) is 4.79 Å². The van der Waals surface area contributed by atoms with Crippen LogP contribution in [-0.2, 0) is 10.2 Å². The van der Waals surface area contributed by atoms with E-state index in [1.54, 1.807) is 24.3 Å². The van der Waals surface area contributed by atoms with Crippen molar-refractivity contribution in [2.75, 3.05) is 25.1 Å². The molecule has 1 aromatic heterocycles. The summed E-state index contributed by atoms with van der Waals surface area (Å²) in [6.45, 7) is 9.56. The van der Waals surface area contributed by atoms with Crippen molar-refractivity contribution in [3.63, 3.8) is 0 Å². The molecule has 0 bridgehead atoms.